The molecule has 2 aromatic rings. The molecule has 1 aliphatic heterocycles. The van der Waals surface area contributed by atoms with Gasteiger partial charge in [-0.1, -0.05) is 6.92 Å². The second-order valence-electron chi connectivity index (χ2n) is 8.78. The number of hydrogen-bond donors (Lipinski definition) is 1. The van der Waals surface area contributed by atoms with E-state index in [1.54, 1.807) is 7.11 Å². The van der Waals surface area contributed by atoms with Gasteiger partial charge in [0.1, 0.15) is 5.69 Å². The number of benzene rings is 1. The quantitative estimate of drug-likeness (QED) is 0.829. The molecular formula is C22H28FN3O2. The normalized spacial score (nSPS) is 24.9. The van der Waals surface area contributed by atoms with Gasteiger partial charge in [-0.15, -0.1) is 0 Å². The summed E-state index contributed by atoms with van der Waals surface area (Å²) in [6.45, 7) is 4.83. The molecule has 1 aromatic carbocycles. The number of anilines is 1. The fourth-order valence-electron chi connectivity index (χ4n) is 4.60. The van der Waals surface area contributed by atoms with Crippen LogP contribution < -0.4 is 20.4 Å². The third-order valence-electron chi connectivity index (χ3n) is 6.57. The third kappa shape index (κ3) is 3.08. The van der Waals surface area contributed by atoms with Crippen LogP contribution in [-0.2, 0) is 0 Å². The summed E-state index contributed by atoms with van der Waals surface area (Å²) >= 11 is 0. The highest BCUT2D eigenvalue weighted by Crippen LogP contribution is 2.44. The van der Waals surface area contributed by atoms with Crippen molar-refractivity contribution in [2.45, 2.75) is 44.7 Å². The second-order valence-corrected chi connectivity index (χ2v) is 8.78. The maximum Gasteiger partial charge on any atom is 0.189 e. The molecule has 0 radical (unpaired) electrons. The number of ether oxygens (including phenoxy) is 1. The predicted molar refractivity (Wildman–Crippen MR) is 109 cm³/mol. The third-order valence-corrected chi connectivity index (χ3v) is 6.57. The highest BCUT2D eigenvalue weighted by molar-refractivity contribution is 5.91. The molecule has 150 valence electrons. The molecule has 5 nitrogen and oxygen atoms in total. The predicted octanol–water partition coefficient (Wildman–Crippen LogP) is 3.31. The topological polar surface area (TPSA) is 46.5 Å². The van der Waals surface area contributed by atoms with Crippen molar-refractivity contribution in [1.29, 1.82) is 0 Å². The van der Waals surface area contributed by atoms with Gasteiger partial charge in [-0.25, -0.2) is 4.39 Å². The number of methoxy groups -OCH3 is 1. The Morgan fingerprint density at radius 1 is 1.25 bits per heavy atom. The van der Waals surface area contributed by atoms with Crippen molar-refractivity contribution < 1.29 is 9.13 Å². The lowest BCUT2D eigenvalue weighted by molar-refractivity contribution is 0.413. The zero-order valence-electron chi connectivity index (χ0n) is 16.6. The summed E-state index contributed by atoms with van der Waals surface area (Å²) < 4.78 is 23.1. The first-order chi connectivity index (χ1) is 13.6. The molecule has 0 amide bonds. The van der Waals surface area contributed by atoms with Crippen LogP contribution in [0.25, 0.3) is 10.9 Å². The molecule has 2 aliphatic carbocycles. The summed E-state index contributed by atoms with van der Waals surface area (Å²) in [5.74, 6) is 1.11. The van der Waals surface area contributed by atoms with Crippen molar-refractivity contribution in [1.82, 2.24) is 9.88 Å². The van der Waals surface area contributed by atoms with Crippen molar-refractivity contribution >= 4 is 16.6 Å². The molecule has 2 saturated carbocycles. The fourth-order valence-corrected chi connectivity index (χ4v) is 4.60. The van der Waals surface area contributed by atoms with Gasteiger partial charge in [0, 0.05) is 44.0 Å². The summed E-state index contributed by atoms with van der Waals surface area (Å²) in [7, 11) is 1.58. The number of nitrogens with one attached hydrogen (secondary N) is 1. The summed E-state index contributed by atoms with van der Waals surface area (Å²) in [6, 6.07) is 4.01. The van der Waals surface area contributed by atoms with E-state index in [2.05, 4.69) is 21.7 Å². The lowest BCUT2D eigenvalue weighted by Crippen LogP contribution is -2.29. The average molecular weight is 385 g/mol. The SMILES string of the molecule is COc1c(N2C[C@@H](CNC3CC3)[C@@H](C)C2)c(F)cc2c(=O)ccn(C3CC3)c12. The van der Waals surface area contributed by atoms with Crippen molar-refractivity contribution in [3.05, 3.63) is 34.4 Å². The molecule has 0 unspecified atom stereocenters. The van der Waals surface area contributed by atoms with Gasteiger partial charge >= 0.3 is 0 Å². The molecule has 1 N–H and O–H groups in total. The largest absolute Gasteiger partial charge is 0.492 e. The molecule has 28 heavy (non-hydrogen) atoms. The molecule has 2 heterocycles. The highest BCUT2D eigenvalue weighted by Gasteiger charge is 2.35. The zero-order chi connectivity index (χ0) is 19.4. The highest BCUT2D eigenvalue weighted by atomic mass is 19.1. The van der Waals surface area contributed by atoms with Crippen LogP contribution in [0.1, 0.15) is 38.6 Å². The van der Waals surface area contributed by atoms with Crippen molar-refractivity contribution in [3.8, 4) is 5.75 Å². The number of aromatic nitrogens is 1. The van der Waals surface area contributed by atoms with Crippen LogP contribution in [0.15, 0.2) is 23.1 Å². The number of pyridine rings is 1. The molecule has 1 saturated heterocycles. The van der Waals surface area contributed by atoms with E-state index in [9.17, 15) is 4.79 Å². The van der Waals surface area contributed by atoms with Gasteiger partial charge in [-0.2, -0.15) is 0 Å². The Bertz CT molecular complexity index is 964. The van der Waals surface area contributed by atoms with Gasteiger partial charge in [-0.3, -0.25) is 4.79 Å². The summed E-state index contributed by atoms with van der Waals surface area (Å²) in [5.41, 5.74) is 1.09. The molecule has 5 rings (SSSR count). The van der Waals surface area contributed by atoms with E-state index in [0.717, 1.165) is 38.0 Å². The first kappa shape index (κ1) is 18.0. The van der Waals surface area contributed by atoms with Crippen LogP contribution in [0.2, 0.25) is 0 Å². The van der Waals surface area contributed by atoms with Gasteiger partial charge < -0.3 is 19.5 Å². The standard InChI is InChI=1S/C22H28FN3O2/c1-13-11-25(12-14(13)10-24-15-3-4-15)21-18(23)9-17-19(27)7-8-26(16-5-6-16)20(17)22(21)28-2/h7-9,13-16,24H,3-6,10-12H2,1-2H3/t13-,14+/m0/s1. The van der Waals surface area contributed by atoms with Gasteiger partial charge in [0.05, 0.1) is 18.0 Å². The van der Waals surface area contributed by atoms with E-state index in [0.29, 0.717) is 40.7 Å². The number of halogens is 1. The number of hydrogen-bond acceptors (Lipinski definition) is 4. The Labute approximate surface area is 164 Å². The minimum absolute atomic E-state index is 0.156. The molecular weight excluding hydrogens is 357 g/mol. The van der Waals surface area contributed by atoms with E-state index in [-0.39, 0.29) is 11.2 Å². The maximum absolute atomic E-state index is 15.2. The minimum Gasteiger partial charge on any atom is -0.492 e. The fraction of sp³-hybridized carbons (Fsp3) is 0.591. The molecule has 6 heteroatoms. The Balaban J connectivity index is 1.56. The van der Waals surface area contributed by atoms with Crippen LogP contribution >= 0.6 is 0 Å². The maximum atomic E-state index is 15.2. The van der Waals surface area contributed by atoms with E-state index < -0.39 is 0 Å². The van der Waals surface area contributed by atoms with Gasteiger partial charge in [0.25, 0.3) is 0 Å². The number of fused-ring (bicyclic) bond motifs is 1. The average Bonchev–Trinajstić information content (AvgIpc) is 3.59. The first-order valence-electron chi connectivity index (χ1n) is 10.5. The van der Waals surface area contributed by atoms with E-state index in [4.69, 9.17) is 4.74 Å². The van der Waals surface area contributed by atoms with Crippen molar-refractivity contribution in [3.63, 3.8) is 0 Å². The van der Waals surface area contributed by atoms with Gasteiger partial charge in [0.15, 0.2) is 17.0 Å². The lowest BCUT2D eigenvalue weighted by Gasteiger charge is -2.24. The summed E-state index contributed by atoms with van der Waals surface area (Å²) in [6.07, 6.45) is 6.56. The summed E-state index contributed by atoms with van der Waals surface area (Å²) in [5, 5.41) is 4.03. The van der Waals surface area contributed by atoms with Crippen LogP contribution in [0.4, 0.5) is 10.1 Å². The number of nitrogens with zero attached hydrogens (tertiary/aromatic N) is 2. The van der Waals surface area contributed by atoms with E-state index >= 15 is 4.39 Å². The number of rotatable bonds is 6. The first-order valence-corrected chi connectivity index (χ1v) is 10.5. The van der Waals surface area contributed by atoms with E-state index in [1.807, 2.05) is 6.20 Å². The molecule has 3 aliphatic rings. The van der Waals surface area contributed by atoms with Crippen molar-refractivity contribution in [2.75, 3.05) is 31.6 Å². The van der Waals surface area contributed by atoms with Crippen LogP contribution in [0.5, 0.6) is 5.75 Å². The van der Waals surface area contributed by atoms with Gasteiger partial charge in [0.2, 0.25) is 0 Å². The molecule has 0 bridgehead atoms. The monoisotopic (exact) mass is 385 g/mol. The van der Waals surface area contributed by atoms with Crippen LogP contribution in [0.3, 0.4) is 0 Å². The Morgan fingerprint density at radius 3 is 2.71 bits per heavy atom. The van der Waals surface area contributed by atoms with Crippen LogP contribution in [-0.4, -0.2) is 37.4 Å². The van der Waals surface area contributed by atoms with Crippen LogP contribution in [0, 0.1) is 17.7 Å². The van der Waals surface area contributed by atoms with Gasteiger partial charge in [-0.05, 0) is 43.6 Å². The van der Waals surface area contributed by atoms with E-state index in [1.165, 1.54) is 25.0 Å². The minimum atomic E-state index is -0.363. The van der Waals surface area contributed by atoms with Crippen molar-refractivity contribution in [2.24, 2.45) is 11.8 Å². The Kier molecular flexibility index (Phi) is 4.34. The zero-order valence-corrected chi connectivity index (χ0v) is 16.6. The lowest BCUT2D eigenvalue weighted by atomic mass is 9.98. The molecule has 0 spiro atoms. The molecule has 2 atom stereocenters. The molecule has 1 aromatic heterocycles. The summed E-state index contributed by atoms with van der Waals surface area (Å²) in [4.78, 5) is 14.5. The smallest absolute Gasteiger partial charge is 0.189 e. The second kappa shape index (κ2) is 6.76. The Morgan fingerprint density at radius 2 is 2.04 bits per heavy atom. The Hall–Kier alpha value is -2.08. The molecule has 3 fully saturated rings.